The Hall–Kier alpha value is -2.56. The highest BCUT2D eigenvalue weighted by molar-refractivity contribution is 5.88. The largest absolute Gasteiger partial charge is 0.397 e. The molecular formula is C16H17FN4. The van der Waals surface area contributed by atoms with E-state index >= 15 is 0 Å². The van der Waals surface area contributed by atoms with Crippen LogP contribution in [0.1, 0.15) is 24.1 Å². The average Bonchev–Trinajstić information content (AvgIpc) is 2.89. The molecule has 5 heteroatoms. The van der Waals surface area contributed by atoms with Crippen LogP contribution in [0.2, 0.25) is 0 Å². The van der Waals surface area contributed by atoms with Crippen LogP contribution in [-0.4, -0.2) is 10.2 Å². The monoisotopic (exact) mass is 284 g/mol. The Balaban J connectivity index is 1.89. The molecule has 21 heavy (non-hydrogen) atoms. The number of hydrogen-bond acceptors (Lipinski definition) is 3. The molecule has 0 fully saturated rings. The van der Waals surface area contributed by atoms with E-state index in [4.69, 9.17) is 5.73 Å². The van der Waals surface area contributed by atoms with Crippen molar-refractivity contribution in [2.24, 2.45) is 0 Å². The number of aromatic nitrogens is 2. The summed E-state index contributed by atoms with van der Waals surface area (Å²) < 4.78 is 13.7. The molecule has 3 rings (SSSR count). The molecule has 4 nitrogen and oxygen atoms in total. The standard InChI is InChI=1S/C16H17FN4/c1-9-3-4-11(5-13(9)17)10(2)20-16-7-15-12(6-14(16)18)8-19-21-15/h3-8,10,20H,18H2,1-2H3,(H,19,21). The Morgan fingerprint density at radius 1 is 1.29 bits per heavy atom. The van der Waals surface area contributed by atoms with Crippen LogP contribution in [0, 0.1) is 12.7 Å². The van der Waals surface area contributed by atoms with Crippen molar-refractivity contribution in [1.29, 1.82) is 0 Å². The Kier molecular flexibility index (Phi) is 3.25. The lowest BCUT2D eigenvalue weighted by Gasteiger charge is -2.18. The maximum atomic E-state index is 13.7. The van der Waals surface area contributed by atoms with Crippen molar-refractivity contribution in [3.8, 4) is 0 Å². The molecule has 1 atom stereocenters. The van der Waals surface area contributed by atoms with Crippen LogP contribution < -0.4 is 11.1 Å². The molecule has 0 spiro atoms. The van der Waals surface area contributed by atoms with E-state index in [2.05, 4.69) is 15.5 Å². The van der Waals surface area contributed by atoms with E-state index in [1.165, 1.54) is 0 Å². The average molecular weight is 284 g/mol. The molecule has 4 N–H and O–H groups in total. The Morgan fingerprint density at radius 2 is 2.10 bits per heavy atom. The second-order valence-electron chi connectivity index (χ2n) is 5.27. The summed E-state index contributed by atoms with van der Waals surface area (Å²) in [7, 11) is 0. The molecule has 2 aromatic carbocycles. The molecule has 3 aromatic rings. The smallest absolute Gasteiger partial charge is 0.126 e. The topological polar surface area (TPSA) is 66.7 Å². The van der Waals surface area contributed by atoms with Crippen LogP contribution in [0.3, 0.4) is 0 Å². The Morgan fingerprint density at radius 3 is 2.86 bits per heavy atom. The van der Waals surface area contributed by atoms with E-state index < -0.39 is 0 Å². The van der Waals surface area contributed by atoms with Crippen LogP contribution in [0.15, 0.2) is 36.5 Å². The van der Waals surface area contributed by atoms with Gasteiger partial charge in [0.05, 0.1) is 23.1 Å². The molecule has 0 saturated heterocycles. The first-order valence-electron chi connectivity index (χ1n) is 6.80. The number of nitrogens with two attached hydrogens (primary N) is 1. The van der Waals surface area contributed by atoms with Gasteiger partial charge in [-0.05, 0) is 43.2 Å². The molecule has 1 unspecified atom stereocenters. The highest BCUT2D eigenvalue weighted by atomic mass is 19.1. The molecule has 0 bridgehead atoms. The zero-order valence-electron chi connectivity index (χ0n) is 11.9. The van der Waals surface area contributed by atoms with Crippen LogP contribution >= 0.6 is 0 Å². The Labute approximate surface area is 122 Å². The highest BCUT2D eigenvalue weighted by Gasteiger charge is 2.10. The van der Waals surface area contributed by atoms with Gasteiger partial charge in [0.1, 0.15) is 5.82 Å². The molecule has 1 aromatic heterocycles. The van der Waals surface area contributed by atoms with Gasteiger partial charge in [-0.15, -0.1) is 0 Å². The number of nitrogens with one attached hydrogen (secondary N) is 2. The fraction of sp³-hybridized carbons (Fsp3) is 0.188. The van der Waals surface area contributed by atoms with E-state index in [0.29, 0.717) is 11.3 Å². The first kappa shape index (κ1) is 13.4. The SMILES string of the molecule is Cc1ccc(C(C)Nc2cc3[nH]ncc3cc2N)cc1F. The minimum absolute atomic E-state index is 0.0530. The summed E-state index contributed by atoms with van der Waals surface area (Å²) in [6.07, 6.45) is 1.73. The minimum atomic E-state index is -0.196. The number of aryl methyl sites for hydroxylation is 1. The van der Waals surface area contributed by atoms with Crippen LogP contribution in [0.5, 0.6) is 0 Å². The van der Waals surface area contributed by atoms with Crippen molar-refractivity contribution < 1.29 is 4.39 Å². The number of H-pyrrole nitrogens is 1. The van der Waals surface area contributed by atoms with Gasteiger partial charge in [-0.1, -0.05) is 12.1 Å². The number of benzene rings is 2. The maximum absolute atomic E-state index is 13.7. The summed E-state index contributed by atoms with van der Waals surface area (Å²) in [5, 5.41) is 11.2. The van der Waals surface area contributed by atoms with Crippen molar-refractivity contribution in [2.75, 3.05) is 11.1 Å². The van der Waals surface area contributed by atoms with Gasteiger partial charge in [-0.2, -0.15) is 5.10 Å². The lowest BCUT2D eigenvalue weighted by Crippen LogP contribution is -2.09. The zero-order chi connectivity index (χ0) is 15.0. The second-order valence-corrected chi connectivity index (χ2v) is 5.27. The normalized spacial score (nSPS) is 12.5. The van der Waals surface area contributed by atoms with Gasteiger partial charge >= 0.3 is 0 Å². The summed E-state index contributed by atoms with van der Waals surface area (Å²) >= 11 is 0. The van der Waals surface area contributed by atoms with Crippen LogP contribution in [0.4, 0.5) is 15.8 Å². The van der Waals surface area contributed by atoms with Crippen molar-refractivity contribution in [1.82, 2.24) is 10.2 Å². The van der Waals surface area contributed by atoms with Gasteiger partial charge in [0, 0.05) is 11.4 Å². The van der Waals surface area contributed by atoms with Crippen LogP contribution in [-0.2, 0) is 0 Å². The third kappa shape index (κ3) is 2.54. The number of halogens is 1. The third-order valence-corrected chi connectivity index (χ3v) is 3.68. The van der Waals surface area contributed by atoms with E-state index in [1.807, 2.05) is 25.1 Å². The van der Waals surface area contributed by atoms with Crippen molar-refractivity contribution in [3.05, 3.63) is 53.5 Å². The summed E-state index contributed by atoms with van der Waals surface area (Å²) in [5.41, 5.74) is 9.93. The quantitative estimate of drug-likeness (QED) is 0.641. The van der Waals surface area contributed by atoms with Crippen molar-refractivity contribution in [2.45, 2.75) is 19.9 Å². The van der Waals surface area contributed by atoms with Crippen molar-refractivity contribution >= 4 is 22.3 Å². The third-order valence-electron chi connectivity index (χ3n) is 3.68. The van der Waals surface area contributed by atoms with E-state index in [0.717, 1.165) is 22.2 Å². The number of nitrogen functional groups attached to an aromatic ring is 1. The number of aromatic amines is 1. The molecular weight excluding hydrogens is 267 g/mol. The second kappa shape index (κ2) is 5.09. The Bertz CT molecular complexity index is 794. The van der Waals surface area contributed by atoms with Gasteiger partial charge in [0.25, 0.3) is 0 Å². The molecule has 0 amide bonds. The number of nitrogens with zero attached hydrogens (tertiary/aromatic N) is 1. The first-order valence-corrected chi connectivity index (χ1v) is 6.80. The summed E-state index contributed by atoms with van der Waals surface area (Å²) in [6.45, 7) is 3.72. The molecule has 0 aliphatic carbocycles. The summed E-state index contributed by atoms with van der Waals surface area (Å²) in [5.74, 6) is -0.196. The number of fused-ring (bicyclic) bond motifs is 1. The molecule has 108 valence electrons. The molecule has 0 radical (unpaired) electrons. The maximum Gasteiger partial charge on any atom is 0.126 e. The lowest BCUT2D eigenvalue weighted by atomic mass is 10.1. The number of hydrogen-bond donors (Lipinski definition) is 3. The van der Waals surface area contributed by atoms with E-state index in [1.54, 1.807) is 25.3 Å². The summed E-state index contributed by atoms with van der Waals surface area (Å²) in [4.78, 5) is 0. The van der Waals surface area contributed by atoms with E-state index in [-0.39, 0.29) is 11.9 Å². The van der Waals surface area contributed by atoms with Gasteiger partial charge in [0.15, 0.2) is 0 Å². The predicted octanol–water partition coefficient (Wildman–Crippen LogP) is 3.77. The van der Waals surface area contributed by atoms with E-state index in [9.17, 15) is 4.39 Å². The molecule has 1 heterocycles. The molecule has 0 aliphatic rings. The van der Waals surface area contributed by atoms with Gasteiger partial charge in [0.2, 0.25) is 0 Å². The highest BCUT2D eigenvalue weighted by Crippen LogP contribution is 2.28. The van der Waals surface area contributed by atoms with Gasteiger partial charge < -0.3 is 11.1 Å². The fourth-order valence-electron chi connectivity index (χ4n) is 2.33. The summed E-state index contributed by atoms with van der Waals surface area (Å²) in [6, 6.07) is 8.98. The predicted molar refractivity (Wildman–Crippen MR) is 83.7 cm³/mol. The minimum Gasteiger partial charge on any atom is -0.397 e. The number of anilines is 2. The number of rotatable bonds is 3. The molecule has 0 aliphatic heterocycles. The van der Waals surface area contributed by atoms with Gasteiger partial charge in [-0.3, -0.25) is 5.10 Å². The van der Waals surface area contributed by atoms with Crippen molar-refractivity contribution in [3.63, 3.8) is 0 Å². The first-order chi connectivity index (χ1) is 10.0. The zero-order valence-corrected chi connectivity index (χ0v) is 11.9. The molecule has 0 saturated carbocycles. The van der Waals surface area contributed by atoms with Gasteiger partial charge in [-0.25, -0.2) is 4.39 Å². The fourth-order valence-corrected chi connectivity index (χ4v) is 2.33. The lowest BCUT2D eigenvalue weighted by molar-refractivity contribution is 0.614. The van der Waals surface area contributed by atoms with Crippen LogP contribution in [0.25, 0.3) is 10.9 Å².